The van der Waals surface area contributed by atoms with Gasteiger partial charge < -0.3 is 9.84 Å². The Labute approximate surface area is 121 Å². The smallest absolute Gasteiger partial charge is 0.223 e. The Morgan fingerprint density at radius 1 is 1.58 bits per heavy atom. The van der Waals surface area contributed by atoms with Crippen molar-refractivity contribution in [1.29, 1.82) is 0 Å². The van der Waals surface area contributed by atoms with Gasteiger partial charge in [0.25, 0.3) is 0 Å². The number of aromatic nitrogens is 2. The van der Waals surface area contributed by atoms with Gasteiger partial charge in [-0.15, -0.1) is 11.3 Å². The van der Waals surface area contributed by atoms with E-state index in [0.717, 1.165) is 29.5 Å². The molecule has 0 aromatic carbocycles. The van der Waals surface area contributed by atoms with Crippen molar-refractivity contribution in [3.8, 4) is 0 Å². The molecule has 19 heavy (non-hydrogen) atoms. The van der Waals surface area contributed by atoms with E-state index in [0.29, 0.717) is 11.9 Å². The van der Waals surface area contributed by atoms with Gasteiger partial charge >= 0.3 is 0 Å². The molecule has 1 N–H and O–H groups in total. The molecule has 0 aliphatic heterocycles. The number of nitrogens with one attached hydrogen (secondary N) is 1. The lowest BCUT2D eigenvalue weighted by molar-refractivity contribution is 0.385. The van der Waals surface area contributed by atoms with Crippen LogP contribution in [0.15, 0.2) is 10.6 Å². The van der Waals surface area contributed by atoms with Gasteiger partial charge in [0.05, 0.1) is 4.34 Å². The number of nitrogens with zero attached hydrogens (tertiary/aromatic N) is 2. The van der Waals surface area contributed by atoms with E-state index >= 15 is 0 Å². The summed E-state index contributed by atoms with van der Waals surface area (Å²) in [4.78, 5) is 5.64. The summed E-state index contributed by atoms with van der Waals surface area (Å²) >= 11 is 7.82. The van der Waals surface area contributed by atoms with Crippen LogP contribution in [0, 0.1) is 6.92 Å². The molecule has 0 bridgehead atoms. The molecule has 1 aliphatic carbocycles. The summed E-state index contributed by atoms with van der Waals surface area (Å²) in [5.41, 5.74) is 1.38. The molecule has 0 spiro atoms. The van der Waals surface area contributed by atoms with E-state index < -0.39 is 0 Å². The minimum atomic E-state index is 0.417. The van der Waals surface area contributed by atoms with Crippen molar-refractivity contribution in [3.05, 3.63) is 32.6 Å². The predicted octanol–water partition coefficient (Wildman–Crippen LogP) is 3.30. The molecule has 1 unspecified atom stereocenters. The number of halogens is 1. The minimum absolute atomic E-state index is 0.417. The molecule has 2 aromatic rings. The van der Waals surface area contributed by atoms with Gasteiger partial charge in [-0.2, -0.15) is 4.98 Å². The fourth-order valence-corrected chi connectivity index (χ4v) is 3.92. The highest BCUT2D eigenvalue weighted by Crippen LogP contribution is 2.37. The molecular formula is C13H16ClN3OS. The maximum absolute atomic E-state index is 6.11. The molecule has 4 nitrogen and oxygen atoms in total. The van der Waals surface area contributed by atoms with Gasteiger partial charge in [-0.1, -0.05) is 16.8 Å². The zero-order valence-electron chi connectivity index (χ0n) is 10.8. The Bertz CT molecular complexity index is 566. The molecule has 0 fully saturated rings. The van der Waals surface area contributed by atoms with Gasteiger partial charge in [-0.25, -0.2) is 0 Å². The first kappa shape index (κ1) is 13.1. The normalized spacial score (nSPS) is 18.5. The number of rotatable bonds is 4. The summed E-state index contributed by atoms with van der Waals surface area (Å²) in [7, 11) is 0. The zero-order chi connectivity index (χ0) is 13.2. The number of hydrogen-bond acceptors (Lipinski definition) is 5. The summed E-state index contributed by atoms with van der Waals surface area (Å²) < 4.78 is 5.86. The maximum atomic E-state index is 6.11. The van der Waals surface area contributed by atoms with Crippen LogP contribution in [0.4, 0.5) is 0 Å². The second-order valence-corrected chi connectivity index (χ2v) is 6.58. The van der Waals surface area contributed by atoms with E-state index in [1.165, 1.54) is 23.3 Å². The van der Waals surface area contributed by atoms with E-state index in [-0.39, 0.29) is 0 Å². The molecule has 0 saturated heterocycles. The van der Waals surface area contributed by atoms with E-state index in [1.54, 1.807) is 11.3 Å². The molecule has 2 aromatic heterocycles. The first-order chi connectivity index (χ1) is 9.22. The highest BCUT2D eigenvalue weighted by atomic mass is 35.5. The van der Waals surface area contributed by atoms with Crippen molar-refractivity contribution in [2.24, 2.45) is 0 Å². The summed E-state index contributed by atoms with van der Waals surface area (Å²) in [5, 5.41) is 7.48. The Morgan fingerprint density at radius 3 is 3.26 bits per heavy atom. The average Bonchev–Trinajstić information content (AvgIpc) is 2.95. The third kappa shape index (κ3) is 2.99. The lowest BCUT2D eigenvalue weighted by Crippen LogP contribution is -2.26. The van der Waals surface area contributed by atoms with Gasteiger partial charge in [0, 0.05) is 30.8 Å². The third-order valence-electron chi connectivity index (χ3n) is 3.39. The van der Waals surface area contributed by atoms with Crippen molar-refractivity contribution in [2.45, 2.75) is 38.6 Å². The topological polar surface area (TPSA) is 51.0 Å². The summed E-state index contributed by atoms with van der Waals surface area (Å²) in [6, 6.07) is 2.53. The monoisotopic (exact) mass is 297 g/mol. The predicted molar refractivity (Wildman–Crippen MR) is 75.7 cm³/mol. The average molecular weight is 298 g/mol. The van der Waals surface area contributed by atoms with E-state index in [2.05, 4.69) is 21.5 Å². The van der Waals surface area contributed by atoms with Gasteiger partial charge in [0.2, 0.25) is 5.89 Å². The number of thiophene rings is 1. The Balaban J connectivity index is 1.59. The summed E-state index contributed by atoms with van der Waals surface area (Å²) in [6.45, 7) is 2.67. The van der Waals surface area contributed by atoms with Gasteiger partial charge in [0.15, 0.2) is 5.82 Å². The van der Waals surface area contributed by atoms with Crippen LogP contribution in [0.5, 0.6) is 0 Å². The van der Waals surface area contributed by atoms with Crippen molar-refractivity contribution < 1.29 is 4.52 Å². The second kappa shape index (κ2) is 5.61. The molecule has 102 valence electrons. The first-order valence-electron chi connectivity index (χ1n) is 6.53. The number of aryl methyl sites for hydroxylation is 2. The lowest BCUT2D eigenvalue weighted by Gasteiger charge is -2.23. The van der Waals surface area contributed by atoms with E-state index in [1.807, 2.05) is 6.92 Å². The zero-order valence-corrected chi connectivity index (χ0v) is 12.4. The van der Waals surface area contributed by atoms with Gasteiger partial charge in [0.1, 0.15) is 0 Å². The van der Waals surface area contributed by atoms with Crippen molar-refractivity contribution in [2.75, 3.05) is 6.54 Å². The van der Waals surface area contributed by atoms with Gasteiger partial charge in [-0.3, -0.25) is 0 Å². The Kier molecular flexibility index (Phi) is 3.86. The van der Waals surface area contributed by atoms with Crippen LogP contribution in [0.2, 0.25) is 4.34 Å². The molecule has 1 atom stereocenters. The van der Waals surface area contributed by atoms with Crippen molar-refractivity contribution >= 4 is 22.9 Å². The Hall–Kier alpha value is -0.910. The Morgan fingerprint density at radius 2 is 2.47 bits per heavy atom. The highest BCUT2D eigenvalue weighted by Gasteiger charge is 2.22. The first-order valence-corrected chi connectivity index (χ1v) is 7.72. The molecule has 1 aliphatic rings. The van der Waals surface area contributed by atoms with Crippen LogP contribution < -0.4 is 5.32 Å². The summed E-state index contributed by atoms with van der Waals surface area (Å²) in [6.07, 6.45) is 4.35. The standard InChI is InChI=1S/C13H16ClN3OS/c1-8-16-13(17-18-8)5-6-15-10-3-2-4-11-9(10)7-12(14)19-11/h7,10,15H,2-6H2,1H3. The van der Waals surface area contributed by atoms with Crippen molar-refractivity contribution in [1.82, 2.24) is 15.5 Å². The number of fused-ring (bicyclic) bond motifs is 1. The summed E-state index contributed by atoms with van der Waals surface area (Å²) in [5.74, 6) is 1.39. The molecule has 6 heteroatoms. The van der Waals surface area contributed by atoms with Crippen LogP contribution in [0.3, 0.4) is 0 Å². The van der Waals surface area contributed by atoms with Crippen LogP contribution >= 0.6 is 22.9 Å². The van der Waals surface area contributed by atoms with Crippen LogP contribution in [-0.2, 0) is 12.8 Å². The molecular weight excluding hydrogens is 282 g/mol. The van der Waals surface area contributed by atoms with Crippen LogP contribution in [0.1, 0.15) is 41.0 Å². The minimum Gasteiger partial charge on any atom is -0.340 e. The lowest BCUT2D eigenvalue weighted by atomic mass is 9.94. The largest absolute Gasteiger partial charge is 0.340 e. The SMILES string of the molecule is Cc1nc(CCNC2CCCc3sc(Cl)cc32)no1. The van der Waals surface area contributed by atoms with Gasteiger partial charge in [-0.05, 0) is 30.9 Å². The fraction of sp³-hybridized carbons (Fsp3) is 0.538. The molecule has 2 heterocycles. The van der Waals surface area contributed by atoms with E-state index in [4.69, 9.17) is 16.1 Å². The maximum Gasteiger partial charge on any atom is 0.223 e. The quantitative estimate of drug-likeness (QED) is 0.941. The molecule has 0 saturated carbocycles. The molecule has 0 radical (unpaired) electrons. The van der Waals surface area contributed by atoms with Crippen molar-refractivity contribution in [3.63, 3.8) is 0 Å². The van der Waals surface area contributed by atoms with Crippen LogP contribution in [-0.4, -0.2) is 16.7 Å². The highest BCUT2D eigenvalue weighted by molar-refractivity contribution is 7.16. The van der Waals surface area contributed by atoms with Crippen LogP contribution in [0.25, 0.3) is 0 Å². The second-order valence-electron chi connectivity index (χ2n) is 4.81. The fourth-order valence-electron chi connectivity index (χ4n) is 2.53. The van der Waals surface area contributed by atoms with E-state index in [9.17, 15) is 0 Å². The molecule has 3 rings (SSSR count). The molecule has 0 amide bonds. The third-order valence-corrected chi connectivity index (χ3v) is 4.73. The number of hydrogen-bond donors (Lipinski definition) is 1.